The van der Waals surface area contributed by atoms with Crippen LogP contribution in [0.1, 0.15) is 0 Å². The molecule has 7 nitrogen and oxygen atoms in total. The van der Waals surface area contributed by atoms with E-state index < -0.39 is 0 Å². The lowest BCUT2D eigenvalue weighted by atomic mass is 10.3. The van der Waals surface area contributed by atoms with E-state index in [-0.39, 0.29) is 11.7 Å². The molecule has 9 heteroatoms. The van der Waals surface area contributed by atoms with Gasteiger partial charge in [0.1, 0.15) is 5.75 Å². The number of hydrogen-bond acceptors (Lipinski definition) is 6. The Labute approximate surface area is 147 Å². The topological polar surface area (TPSA) is 94.5 Å². The molecular formula is C15H14ClN5O2S. The summed E-state index contributed by atoms with van der Waals surface area (Å²) in [7, 11) is 1.53. The number of ether oxygens (including phenoxy) is 1. The van der Waals surface area contributed by atoms with Crippen molar-refractivity contribution in [1.82, 2.24) is 14.6 Å². The third-order valence-electron chi connectivity index (χ3n) is 3.16. The van der Waals surface area contributed by atoms with E-state index in [1.807, 2.05) is 0 Å². The lowest BCUT2D eigenvalue weighted by Crippen LogP contribution is -2.15. The molecule has 3 N–H and O–H groups in total. The maximum Gasteiger partial charge on any atom is 0.234 e. The highest BCUT2D eigenvalue weighted by molar-refractivity contribution is 7.99. The number of amides is 1. The molecule has 0 saturated heterocycles. The van der Waals surface area contributed by atoms with Crippen molar-refractivity contribution in [2.45, 2.75) is 5.16 Å². The summed E-state index contributed by atoms with van der Waals surface area (Å²) in [6.07, 6.45) is 1.72. The van der Waals surface area contributed by atoms with Crippen LogP contribution in [0.2, 0.25) is 5.02 Å². The standard InChI is InChI=1S/C15H14ClN5O2S/c1-23-12-4-2-9(16)6-11(12)18-14(22)8-24-15-20-19-13-5-3-10(17)7-21(13)15/h2-7H,8,17H2,1H3,(H,18,22). The minimum absolute atomic E-state index is 0.158. The van der Waals surface area contributed by atoms with Gasteiger partial charge < -0.3 is 15.8 Å². The summed E-state index contributed by atoms with van der Waals surface area (Å²) in [4.78, 5) is 12.2. The molecule has 0 spiro atoms. The van der Waals surface area contributed by atoms with Crippen molar-refractivity contribution >= 4 is 46.3 Å². The first kappa shape index (κ1) is 16.4. The number of benzene rings is 1. The SMILES string of the molecule is COc1ccc(Cl)cc1NC(=O)CSc1nnc2ccc(N)cn12. The van der Waals surface area contributed by atoms with E-state index in [1.165, 1.54) is 18.9 Å². The van der Waals surface area contributed by atoms with Gasteiger partial charge in [0.25, 0.3) is 0 Å². The van der Waals surface area contributed by atoms with Crippen LogP contribution >= 0.6 is 23.4 Å². The molecule has 24 heavy (non-hydrogen) atoms. The van der Waals surface area contributed by atoms with Gasteiger partial charge in [-0.2, -0.15) is 0 Å². The molecule has 3 rings (SSSR count). The molecule has 0 atom stereocenters. The average molecular weight is 364 g/mol. The zero-order valence-corrected chi connectivity index (χ0v) is 14.3. The molecule has 0 bridgehead atoms. The quantitative estimate of drug-likeness (QED) is 0.677. The Hall–Kier alpha value is -2.45. The molecule has 0 fully saturated rings. The smallest absolute Gasteiger partial charge is 0.234 e. The monoisotopic (exact) mass is 363 g/mol. The normalized spacial score (nSPS) is 10.8. The second-order valence-electron chi connectivity index (χ2n) is 4.85. The molecule has 0 saturated carbocycles. The van der Waals surface area contributed by atoms with Crippen molar-refractivity contribution < 1.29 is 9.53 Å². The van der Waals surface area contributed by atoms with Crippen LogP contribution in [0.15, 0.2) is 41.7 Å². The fourth-order valence-electron chi connectivity index (χ4n) is 2.08. The third kappa shape index (κ3) is 3.55. The van der Waals surface area contributed by atoms with E-state index in [9.17, 15) is 4.79 Å². The Kier molecular flexibility index (Phi) is 4.77. The van der Waals surface area contributed by atoms with Crippen LogP contribution in [0.4, 0.5) is 11.4 Å². The minimum Gasteiger partial charge on any atom is -0.495 e. The molecule has 1 aromatic carbocycles. The highest BCUT2D eigenvalue weighted by atomic mass is 35.5. The summed E-state index contributed by atoms with van der Waals surface area (Å²) >= 11 is 7.21. The number of methoxy groups -OCH3 is 1. The second-order valence-corrected chi connectivity index (χ2v) is 6.23. The van der Waals surface area contributed by atoms with Crippen LogP contribution in [-0.2, 0) is 4.79 Å². The predicted octanol–water partition coefficient (Wildman–Crippen LogP) is 2.70. The van der Waals surface area contributed by atoms with Gasteiger partial charge in [0, 0.05) is 16.9 Å². The summed E-state index contributed by atoms with van der Waals surface area (Å²) < 4.78 is 6.95. The molecule has 0 unspecified atom stereocenters. The highest BCUT2D eigenvalue weighted by Crippen LogP contribution is 2.28. The van der Waals surface area contributed by atoms with Crippen molar-refractivity contribution in [2.24, 2.45) is 0 Å². The maximum absolute atomic E-state index is 12.2. The number of anilines is 2. The van der Waals surface area contributed by atoms with Gasteiger partial charge in [-0.15, -0.1) is 10.2 Å². The maximum atomic E-state index is 12.2. The zero-order valence-electron chi connectivity index (χ0n) is 12.7. The van der Waals surface area contributed by atoms with Gasteiger partial charge in [-0.1, -0.05) is 23.4 Å². The van der Waals surface area contributed by atoms with Crippen molar-refractivity contribution in [2.75, 3.05) is 23.9 Å². The Balaban J connectivity index is 1.69. The van der Waals surface area contributed by atoms with Gasteiger partial charge in [0.2, 0.25) is 5.91 Å². The number of rotatable bonds is 5. The number of carbonyl (C=O) groups is 1. The van der Waals surface area contributed by atoms with Gasteiger partial charge >= 0.3 is 0 Å². The molecule has 0 aliphatic heterocycles. The molecule has 0 aliphatic carbocycles. The molecule has 1 amide bonds. The number of thioether (sulfide) groups is 1. The fraction of sp³-hybridized carbons (Fsp3) is 0.133. The van der Waals surface area contributed by atoms with Gasteiger partial charge in [-0.05, 0) is 30.3 Å². The number of nitrogens with zero attached hydrogens (tertiary/aromatic N) is 3. The molecule has 2 aromatic heterocycles. The van der Waals surface area contributed by atoms with E-state index in [0.29, 0.717) is 33.0 Å². The number of fused-ring (bicyclic) bond motifs is 1. The number of carbonyl (C=O) groups excluding carboxylic acids is 1. The summed E-state index contributed by atoms with van der Waals surface area (Å²) in [6, 6.07) is 8.54. The fourth-order valence-corrected chi connectivity index (χ4v) is 2.97. The predicted molar refractivity (Wildman–Crippen MR) is 94.8 cm³/mol. The average Bonchev–Trinajstić information content (AvgIpc) is 2.95. The molecule has 2 heterocycles. The number of pyridine rings is 1. The van der Waals surface area contributed by atoms with E-state index in [0.717, 1.165) is 0 Å². The first-order valence-electron chi connectivity index (χ1n) is 6.93. The number of nitrogens with two attached hydrogens (primary N) is 1. The second kappa shape index (κ2) is 6.98. The zero-order chi connectivity index (χ0) is 17.1. The van der Waals surface area contributed by atoms with Crippen LogP contribution in [0, 0.1) is 0 Å². The minimum atomic E-state index is -0.207. The summed E-state index contributed by atoms with van der Waals surface area (Å²) in [5, 5.41) is 12.0. The Morgan fingerprint density at radius 2 is 2.21 bits per heavy atom. The third-order valence-corrected chi connectivity index (χ3v) is 4.34. The lowest BCUT2D eigenvalue weighted by Gasteiger charge is -2.10. The van der Waals surface area contributed by atoms with Gasteiger partial charge in [0.15, 0.2) is 10.8 Å². The lowest BCUT2D eigenvalue weighted by molar-refractivity contribution is -0.113. The van der Waals surface area contributed by atoms with Gasteiger partial charge in [-0.25, -0.2) is 0 Å². The first-order chi connectivity index (χ1) is 11.6. The number of aromatic nitrogens is 3. The van der Waals surface area contributed by atoms with Gasteiger partial charge in [-0.3, -0.25) is 9.20 Å². The Morgan fingerprint density at radius 3 is 3.00 bits per heavy atom. The molecule has 0 aliphatic rings. The van der Waals surface area contributed by atoms with Crippen LogP contribution in [0.3, 0.4) is 0 Å². The molecule has 124 valence electrons. The van der Waals surface area contributed by atoms with Crippen molar-refractivity contribution in [3.8, 4) is 5.75 Å². The largest absolute Gasteiger partial charge is 0.495 e. The van der Waals surface area contributed by atoms with Crippen LogP contribution in [0.25, 0.3) is 5.65 Å². The number of hydrogen-bond donors (Lipinski definition) is 2. The van der Waals surface area contributed by atoms with Crippen LogP contribution in [0.5, 0.6) is 5.75 Å². The molecular weight excluding hydrogens is 350 g/mol. The Bertz CT molecular complexity index is 899. The summed E-state index contributed by atoms with van der Waals surface area (Å²) in [5.41, 5.74) is 7.55. The first-order valence-corrected chi connectivity index (χ1v) is 8.29. The number of halogens is 1. The number of nitrogens with one attached hydrogen (secondary N) is 1. The van der Waals surface area contributed by atoms with E-state index in [2.05, 4.69) is 15.5 Å². The van der Waals surface area contributed by atoms with E-state index in [4.69, 9.17) is 22.1 Å². The van der Waals surface area contributed by atoms with Gasteiger partial charge in [0.05, 0.1) is 18.6 Å². The Morgan fingerprint density at radius 1 is 1.38 bits per heavy atom. The molecule has 0 radical (unpaired) electrons. The van der Waals surface area contributed by atoms with Crippen molar-refractivity contribution in [1.29, 1.82) is 0 Å². The van der Waals surface area contributed by atoms with Crippen LogP contribution < -0.4 is 15.8 Å². The summed E-state index contributed by atoms with van der Waals surface area (Å²) in [6.45, 7) is 0. The van der Waals surface area contributed by atoms with E-state index in [1.54, 1.807) is 40.9 Å². The highest BCUT2D eigenvalue weighted by Gasteiger charge is 2.12. The van der Waals surface area contributed by atoms with Crippen LogP contribution in [-0.4, -0.2) is 33.4 Å². The summed E-state index contributed by atoms with van der Waals surface area (Å²) in [5.74, 6) is 0.491. The molecule has 3 aromatic rings. The van der Waals surface area contributed by atoms with Crippen molar-refractivity contribution in [3.63, 3.8) is 0 Å². The number of nitrogen functional groups attached to an aromatic ring is 1. The van der Waals surface area contributed by atoms with Crippen molar-refractivity contribution in [3.05, 3.63) is 41.6 Å². The van der Waals surface area contributed by atoms with E-state index >= 15 is 0 Å².